The van der Waals surface area contributed by atoms with Crippen LogP contribution in [-0.4, -0.2) is 213 Å². The van der Waals surface area contributed by atoms with E-state index in [1.165, 1.54) is 0 Å². The number of carboxylic acid groups (broad SMARTS) is 2. The highest BCUT2D eigenvalue weighted by atomic mass is 32.2. The zero-order valence-corrected chi connectivity index (χ0v) is 32.8. The summed E-state index contributed by atoms with van der Waals surface area (Å²) in [5, 5.41) is 106. The smallest absolute Gasteiger partial charge is 0.327 e. The Bertz CT molecular complexity index is 1350. The Morgan fingerprint density at radius 3 is 1.86 bits per heavy atom. The SMILES string of the molecule is NC(N)=NCCC[C@H](N)C(=O)NCC(=O)N[C@@H](CC(=O)O)C(=O)N[C@@H](CSCC(CS[C@@H]1O[C@H](CO)[C@@H](O)[C@H](O)[C@H]1O)S[C@@H]1O[C@H](CO)[C@@H](O)[C@H](O)[C@H]1O)C(=O)O. The number of ether oxygens (including phenoxy) is 2. The van der Waals surface area contributed by atoms with Crippen LogP contribution in [0.25, 0.3) is 0 Å². The van der Waals surface area contributed by atoms with E-state index < -0.39 is 139 Å². The van der Waals surface area contributed by atoms with Gasteiger partial charge >= 0.3 is 11.9 Å². The molecule has 0 spiro atoms. The van der Waals surface area contributed by atoms with Gasteiger partial charge in [0.25, 0.3) is 0 Å². The molecule has 24 nitrogen and oxygen atoms in total. The number of aliphatic carboxylic acids is 2. The molecule has 57 heavy (non-hydrogen) atoms. The van der Waals surface area contributed by atoms with Gasteiger partial charge in [-0.2, -0.15) is 11.8 Å². The number of nitrogens with two attached hydrogens (primary N) is 3. The predicted molar refractivity (Wildman–Crippen MR) is 203 cm³/mol. The highest BCUT2D eigenvalue weighted by molar-refractivity contribution is 8.05. The van der Waals surface area contributed by atoms with Gasteiger partial charge in [-0.15, -0.1) is 23.5 Å². The van der Waals surface area contributed by atoms with Crippen molar-refractivity contribution in [3.8, 4) is 0 Å². The maximum absolute atomic E-state index is 13.1. The standard InChI is InChI=1S/C30H53N7O17S3/c31-12(2-1-3-34-30(32)33)25(49)35-5-17(40)36-13(4-18(41)42)26(50)37-14(27(51)52)10-55-8-11(57-29-24(48)22(46)20(44)16(7-39)54-29)9-56-28-23(47)21(45)19(43)15(6-38)53-28/h11-16,19-24,28-29,38-39,43-48H,1-10,31H2,(H,35,49)(H,36,40)(H,37,50)(H,41,42)(H,51,52)(H4,32,33,34)/t11?,12-,13-,14-,15+,16+,19+,20+,21-,22-,23+,24+,28-,29-/m0/s1. The summed E-state index contributed by atoms with van der Waals surface area (Å²) in [6.45, 7) is -1.89. The number of guanidine groups is 1. The molecule has 0 saturated carbocycles. The number of carboxylic acids is 2. The molecule has 2 aliphatic heterocycles. The lowest BCUT2D eigenvalue weighted by atomic mass is 10.0. The number of aliphatic imine (C=N–C) groups is 1. The van der Waals surface area contributed by atoms with Gasteiger partial charge in [-0.05, 0) is 12.8 Å². The van der Waals surface area contributed by atoms with Gasteiger partial charge in [0, 0.05) is 29.1 Å². The van der Waals surface area contributed by atoms with Crippen LogP contribution in [0.2, 0.25) is 0 Å². The number of amides is 3. The fourth-order valence-corrected chi connectivity index (χ4v) is 9.54. The van der Waals surface area contributed by atoms with E-state index >= 15 is 0 Å². The molecule has 0 bridgehead atoms. The molecule has 1 unspecified atom stereocenters. The summed E-state index contributed by atoms with van der Waals surface area (Å²) in [4.78, 5) is 65.3. The summed E-state index contributed by atoms with van der Waals surface area (Å²) in [5.74, 6) is -6.41. The number of nitrogens with zero attached hydrogens (tertiary/aromatic N) is 1. The minimum absolute atomic E-state index is 0.00555. The topological polar surface area (TPSA) is 433 Å². The van der Waals surface area contributed by atoms with E-state index in [9.17, 15) is 75.0 Å². The molecule has 2 saturated heterocycles. The zero-order chi connectivity index (χ0) is 43.0. The van der Waals surface area contributed by atoms with Crippen molar-refractivity contribution < 1.29 is 84.5 Å². The number of hydrogen-bond acceptors (Lipinski definition) is 20. The van der Waals surface area contributed by atoms with Crippen LogP contribution in [0.5, 0.6) is 0 Å². The third-order valence-electron chi connectivity index (χ3n) is 8.43. The quantitative estimate of drug-likeness (QED) is 0.0243. The molecule has 328 valence electrons. The Morgan fingerprint density at radius 2 is 1.32 bits per heavy atom. The Kier molecular flexibility index (Phi) is 22.1. The van der Waals surface area contributed by atoms with Gasteiger partial charge in [0.05, 0.1) is 32.2 Å². The largest absolute Gasteiger partial charge is 0.481 e. The summed E-state index contributed by atoms with van der Waals surface area (Å²) in [7, 11) is 0. The number of thioether (sulfide) groups is 3. The highest BCUT2D eigenvalue weighted by Crippen LogP contribution is 2.36. The van der Waals surface area contributed by atoms with Crippen LogP contribution in [0.4, 0.5) is 0 Å². The molecule has 0 aromatic rings. The van der Waals surface area contributed by atoms with Crippen molar-refractivity contribution in [1.82, 2.24) is 16.0 Å². The number of rotatable bonds is 24. The summed E-state index contributed by atoms with van der Waals surface area (Å²) >= 11 is 2.78. The molecule has 27 heteroatoms. The van der Waals surface area contributed by atoms with E-state index in [0.717, 1.165) is 35.3 Å². The molecule has 2 heterocycles. The Morgan fingerprint density at radius 1 is 0.737 bits per heavy atom. The first-order valence-electron chi connectivity index (χ1n) is 17.4. The Hall–Kier alpha value is -2.77. The molecule has 2 fully saturated rings. The Balaban J connectivity index is 2.09. The maximum atomic E-state index is 13.1. The van der Waals surface area contributed by atoms with Gasteiger partial charge in [-0.25, -0.2) is 4.79 Å². The maximum Gasteiger partial charge on any atom is 0.327 e. The summed E-state index contributed by atoms with van der Waals surface area (Å²) in [6.07, 6.45) is -12.8. The summed E-state index contributed by atoms with van der Waals surface area (Å²) in [6, 6.07) is -4.46. The van der Waals surface area contributed by atoms with Crippen molar-refractivity contribution in [1.29, 1.82) is 0 Å². The molecule has 0 aromatic heterocycles. The van der Waals surface area contributed by atoms with E-state index in [4.69, 9.17) is 26.7 Å². The van der Waals surface area contributed by atoms with Gasteiger partial charge in [-0.3, -0.25) is 24.2 Å². The predicted octanol–water partition coefficient (Wildman–Crippen LogP) is -7.82. The number of aliphatic hydroxyl groups excluding tert-OH is 8. The summed E-state index contributed by atoms with van der Waals surface area (Å²) < 4.78 is 11.1. The second kappa shape index (κ2) is 25.0. The number of carbonyl (C=O) groups is 5. The van der Waals surface area contributed by atoms with Crippen molar-refractivity contribution in [2.24, 2.45) is 22.2 Å². The third kappa shape index (κ3) is 16.4. The molecule has 14 atom stereocenters. The van der Waals surface area contributed by atoms with Crippen LogP contribution in [-0.2, 0) is 33.4 Å². The fraction of sp³-hybridized carbons (Fsp3) is 0.800. The third-order valence-corrected chi connectivity index (χ3v) is 12.7. The molecule has 2 aliphatic rings. The zero-order valence-electron chi connectivity index (χ0n) is 30.4. The molecule has 0 aromatic carbocycles. The molecular weight excluding hydrogens is 827 g/mol. The number of aliphatic hydroxyl groups is 8. The van der Waals surface area contributed by atoms with E-state index in [1.807, 2.05) is 0 Å². The van der Waals surface area contributed by atoms with Gasteiger partial charge in [-0.1, -0.05) is 0 Å². The van der Waals surface area contributed by atoms with Crippen molar-refractivity contribution in [2.45, 2.75) is 102 Å². The molecular formula is C30H53N7O17S3. The van der Waals surface area contributed by atoms with Crippen molar-refractivity contribution in [2.75, 3.05) is 43.6 Å². The molecule has 2 rings (SSSR count). The van der Waals surface area contributed by atoms with Gasteiger partial charge in [0.1, 0.15) is 71.8 Å². The van der Waals surface area contributed by atoms with Crippen LogP contribution < -0.4 is 33.2 Å². The normalized spacial score (nSPS) is 29.6. The lowest BCUT2D eigenvalue weighted by Gasteiger charge is -2.41. The second-order valence-corrected chi connectivity index (χ2v) is 16.5. The first-order chi connectivity index (χ1) is 26.8. The van der Waals surface area contributed by atoms with Crippen LogP contribution in [0.1, 0.15) is 19.3 Å². The first-order valence-corrected chi connectivity index (χ1v) is 20.5. The Labute approximate surface area is 338 Å². The first kappa shape index (κ1) is 50.4. The number of nitrogens with one attached hydrogen (secondary N) is 3. The summed E-state index contributed by atoms with van der Waals surface area (Å²) in [5.41, 5.74) is 13.8. The van der Waals surface area contributed by atoms with Crippen LogP contribution in [0, 0.1) is 0 Å². The van der Waals surface area contributed by atoms with Crippen LogP contribution in [0.3, 0.4) is 0 Å². The lowest BCUT2D eigenvalue weighted by molar-refractivity contribution is -0.205. The van der Waals surface area contributed by atoms with E-state index in [-0.39, 0.29) is 36.2 Å². The average Bonchev–Trinajstić information content (AvgIpc) is 3.16. The number of hydrogen-bond donors (Lipinski definition) is 16. The van der Waals surface area contributed by atoms with E-state index in [1.54, 1.807) is 0 Å². The van der Waals surface area contributed by atoms with Crippen molar-refractivity contribution >= 4 is 70.9 Å². The second-order valence-electron chi connectivity index (χ2n) is 12.9. The minimum atomic E-state index is -1.77. The molecule has 0 aliphatic carbocycles. The molecule has 19 N–H and O–H groups in total. The van der Waals surface area contributed by atoms with Gasteiger partial charge < -0.3 is 93.7 Å². The van der Waals surface area contributed by atoms with E-state index in [2.05, 4.69) is 20.9 Å². The van der Waals surface area contributed by atoms with Gasteiger partial charge in [0.15, 0.2) is 5.96 Å². The minimum Gasteiger partial charge on any atom is -0.481 e. The van der Waals surface area contributed by atoms with Crippen molar-refractivity contribution in [3.63, 3.8) is 0 Å². The monoisotopic (exact) mass is 879 g/mol. The van der Waals surface area contributed by atoms with Gasteiger partial charge in [0.2, 0.25) is 17.7 Å². The average molecular weight is 880 g/mol. The van der Waals surface area contributed by atoms with Crippen molar-refractivity contribution in [3.05, 3.63) is 0 Å². The van der Waals surface area contributed by atoms with Crippen LogP contribution >= 0.6 is 35.3 Å². The highest BCUT2D eigenvalue weighted by Gasteiger charge is 2.46. The molecule has 3 amide bonds. The van der Waals surface area contributed by atoms with Crippen LogP contribution in [0.15, 0.2) is 4.99 Å². The molecule has 0 radical (unpaired) electrons. The fourth-order valence-electron chi connectivity index (χ4n) is 5.25. The lowest BCUT2D eigenvalue weighted by Crippen LogP contribution is -2.58. The number of carbonyl (C=O) groups excluding carboxylic acids is 3. The van der Waals surface area contributed by atoms with E-state index in [0.29, 0.717) is 6.42 Å².